The van der Waals surface area contributed by atoms with Crippen molar-refractivity contribution in [2.75, 3.05) is 11.9 Å². The molecule has 3 N–H and O–H groups in total. The van der Waals surface area contributed by atoms with E-state index in [0.29, 0.717) is 6.54 Å². The lowest BCUT2D eigenvalue weighted by molar-refractivity contribution is 0.183. The van der Waals surface area contributed by atoms with Gasteiger partial charge in [-0.15, -0.1) is 0 Å². The molecule has 1 aromatic rings. The molecule has 72 valence electrons. The van der Waals surface area contributed by atoms with Gasteiger partial charge in [-0.2, -0.15) is 0 Å². The van der Waals surface area contributed by atoms with E-state index in [9.17, 15) is 5.11 Å². The fourth-order valence-electron chi connectivity index (χ4n) is 0.996. The number of rotatable bonds is 4. The minimum absolute atomic E-state index is 0.232. The van der Waals surface area contributed by atoms with Crippen LogP contribution in [0.3, 0.4) is 0 Å². The summed E-state index contributed by atoms with van der Waals surface area (Å²) in [6.07, 6.45) is 0.397. The Morgan fingerprint density at radius 3 is 2.85 bits per heavy atom. The van der Waals surface area contributed by atoms with Gasteiger partial charge in [0.05, 0.1) is 6.10 Å². The molecule has 1 rings (SSSR count). The maximum Gasteiger partial charge on any atom is 0.117 e. The van der Waals surface area contributed by atoms with Crippen molar-refractivity contribution in [3.63, 3.8) is 0 Å². The number of aliphatic hydroxyl groups is 1. The molecule has 1 atom stereocenters. The van der Waals surface area contributed by atoms with Gasteiger partial charge in [-0.1, -0.05) is 13.0 Å². The maximum absolute atomic E-state index is 9.26. The average molecular weight is 181 g/mol. The minimum Gasteiger partial charge on any atom is -0.508 e. The van der Waals surface area contributed by atoms with E-state index in [0.717, 1.165) is 12.1 Å². The van der Waals surface area contributed by atoms with Crippen LogP contribution in [0.2, 0.25) is 0 Å². The monoisotopic (exact) mass is 181 g/mol. The number of aliphatic hydroxyl groups excluding tert-OH is 1. The number of phenols is 1. The van der Waals surface area contributed by atoms with Gasteiger partial charge in [0.2, 0.25) is 0 Å². The summed E-state index contributed by atoms with van der Waals surface area (Å²) >= 11 is 0. The summed E-state index contributed by atoms with van der Waals surface area (Å²) in [5, 5.41) is 21.4. The van der Waals surface area contributed by atoms with E-state index in [1.165, 1.54) is 0 Å². The molecular weight excluding hydrogens is 166 g/mol. The molecule has 0 aliphatic carbocycles. The first-order chi connectivity index (χ1) is 6.22. The second-order valence-corrected chi connectivity index (χ2v) is 2.99. The van der Waals surface area contributed by atoms with Crippen LogP contribution in [0.25, 0.3) is 0 Å². The topological polar surface area (TPSA) is 52.5 Å². The number of hydrogen-bond donors (Lipinski definition) is 3. The molecule has 0 aliphatic heterocycles. The fraction of sp³-hybridized carbons (Fsp3) is 0.400. The first-order valence-electron chi connectivity index (χ1n) is 4.43. The highest BCUT2D eigenvalue weighted by atomic mass is 16.3. The van der Waals surface area contributed by atoms with E-state index in [4.69, 9.17) is 5.11 Å². The van der Waals surface area contributed by atoms with Gasteiger partial charge in [-0.3, -0.25) is 0 Å². The zero-order valence-corrected chi connectivity index (χ0v) is 7.70. The first kappa shape index (κ1) is 9.86. The molecular formula is C10H15NO2. The van der Waals surface area contributed by atoms with E-state index < -0.39 is 0 Å². The molecule has 0 aliphatic rings. The van der Waals surface area contributed by atoms with Crippen molar-refractivity contribution in [2.45, 2.75) is 19.4 Å². The molecule has 0 spiro atoms. The number of phenolic OH excluding ortho intramolecular Hbond substituents is 1. The normalized spacial score (nSPS) is 12.5. The van der Waals surface area contributed by atoms with Crippen LogP contribution >= 0.6 is 0 Å². The summed E-state index contributed by atoms with van der Waals surface area (Å²) in [5.41, 5.74) is 0.826. The highest BCUT2D eigenvalue weighted by Gasteiger charge is 1.99. The van der Waals surface area contributed by atoms with Gasteiger partial charge >= 0.3 is 0 Å². The van der Waals surface area contributed by atoms with Crippen LogP contribution in [0.15, 0.2) is 24.3 Å². The van der Waals surface area contributed by atoms with Gasteiger partial charge < -0.3 is 15.5 Å². The van der Waals surface area contributed by atoms with Crippen LogP contribution in [-0.2, 0) is 0 Å². The molecule has 3 nitrogen and oxygen atoms in total. The van der Waals surface area contributed by atoms with Gasteiger partial charge in [-0.05, 0) is 18.6 Å². The van der Waals surface area contributed by atoms with Gasteiger partial charge in [0.1, 0.15) is 5.75 Å². The standard InChI is InChI=1S/C10H15NO2/c1-2-9(12)7-11-8-4-3-5-10(13)6-8/h3-6,9,11-13H,2,7H2,1H3. The molecule has 1 unspecified atom stereocenters. The second kappa shape index (κ2) is 4.72. The fourth-order valence-corrected chi connectivity index (χ4v) is 0.996. The zero-order chi connectivity index (χ0) is 9.68. The third-order valence-corrected chi connectivity index (χ3v) is 1.86. The van der Waals surface area contributed by atoms with Gasteiger partial charge in [0.15, 0.2) is 0 Å². The molecule has 0 fully saturated rings. The third kappa shape index (κ3) is 3.34. The highest BCUT2D eigenvalue weighted by molar-refractivity contribution is 5.47. The number of aromatic hydroxyl groups is 1. The zero-order valence-electron chi connectivity index (χ0n) is 7.70. The quantitative estimate of drug-likeness (QED) is 0.661. The summed E-state index contributed by atoms with van der Waals surface area (Å²) in [4.78, 5) is 0. The van der Waals surface area contributed by atoms with Crippen molar-refractivity contribution in [3.8, 4) is 5.75 Å². The van der Waals surface area contributed by atoms with Gasteiger partial charge in [0.25, 0.3) is 0 Å². The van der Waals surface area contributed by atoms with Crippen molar-refractivity contribution < 1.29 is 10.2 Å². The Morgan fingerprint density at radius 1 is 1.46 bits per heavy atom. The van der Waals surface area contributed by atoms with Crippen LogP contribution in [0.5, 0.6) is 5.75 Å². The summed E-state index contributed by atoms with van der Waals surface area (Å²) in [5.74, 6) is 0.232. The lowest BCUT2D eigenvalue weighted by Crippen LogP contribution is -2.17. The van der Waals surface area contributed by atoms with Crippen molar-refractivity contribution in [1.82, 2.24) is 0 Å². The number of benzene rings is 1. The molecule has 0 bridgehead atoms. The summed E-state index contributed by atoms with van der Waals surface area (Å²) in [6.45, 7) is 2.44. The van der Waals surface area contributed by atoms with Crippen LogP contribution < -0.4 is 5.32 Å². The third-order valence-electron chi connectivity index (χ3n) is 1.86. The van der Waals surface area contributed by atoms with Crippen LogP contribution in [-0.4, -0.2) is 22.9 Å². The minimum atomic E-state index is -0.331. The highest BCUT2D eigenvalue weighted by Crippen LogP contribution is 2.15. The van der Waals surface area contributed by atoms with E-state index in [2.05, 4.69) is 5.32 Å². The number of hydrogen-bond acceptors (Lipinski definition) is 3. The summed E-state index contributed by atoms with van der Waals surface area (Å²) in [7, 11) is 0. The Kier molecular flexibility index (Phi) is 3.58. The Morgan fingerprint density at radius 2 is 2.23 bits per heavy atom. The van der Waals surface area contributed by atoms with Gasteiger partial charge in [-0.25, -0.2) is 0 Å². The van der Waals surface area contributed by atoms with Crippen molar-refractivity contribution in [2.24, 2.45) is 0 Å². The van der Waals surface area contributed by atoms with Crippen LogP contribution in [0, 0.1) is 0 Å². The SMILES string of the molecule is CCC(O)CNc1cccc(O)c1. The first-order valence-corrected chi connectivity index (χ1v) is 4.43. The van der Waals surface area contributed by atoms with E-state index in [1.54, 1.807) is 18.2 Å². The molecule has 13 heavy (non-hydrogen) atoms. The second-order valence-electron chi connectivity index (χ2n) is 2.99. The van der Waals surface area contributed by atoms with Crippen molar-refractivity contribution in [1.29, 1.82) is 0 Å². The van der Waals surface area contributed by atoms with Crippen LogP contribution in [0.4, 0.5) is 5.69 Å². The maximum atomic E-state index is 9.26. The predicted octanol–water partition coefficient (Wildman–Crippen LogP) is 1.57. The lowest BCUT2D eigenvalue weighted by atomic mass is 10.2. The van der Waals surface area contributed by atoms with Crippen molar-refractivity contribution >= 4 is 5.69 Å². The van der Waals surface area contributed by atoms with Crippen molar-refractivity contribution in [3.05, 3.63) is 24.3 Å². The molecule has 1 aromatic carbocycles. The Balaban J connectivity index is 2.45. The van der Waals surface area contributed by atoms with Crippen LogP contribution in [0.1, 0.15) is 13.3 Å². The summed E-state index contributed by atoms with van der Waals surface area (Å²) < 4.78 is 0. The van der Waals surface area contributed by atoms with Gasteiger partial charge in [0, 0.05) is 18.3 Å². The predicted molar refractivity (Wildman–Crippen MR) is 52.9 cm³/mol. The van der Waals surface area contributed by atoms with E-state index >= 15 is 0 Å². The molecule has 0 aromatic heterocycles. The van der Waals surface area contributed by atoms with E-state index in [-0.39, 0.29) is 11.9 Å². The van der Waals surface area contributed by atoms with E-state index in [1.807, 2.05) is 13.0 Å². The number of nitrogens with one attached hydrogen (secondary N) is 1. The molecule has 0 saturated heterocycles. The molecule has 0 amide bonds. The lowest BCUT2D eigenvalue weighted by Gasteiger charge is -2.10. The Labute approximate surface area is 78.0 Å². The Bertz CT molecular complexity index is 263. The molecule has 3 heteroatoms. The molecule has 0 saturated carbocycles. The number of anilines is 1. The smallest absolute Gasteiger partial charge is 0.117 e. The molecule has 0 radical (unpaired) electrons. The molecule has 0 heterocycles. The Hall–Kier alpha value is -1.22. The summed E-state index contributed by atoms with van der Waals surface area (Å²) in [6, 6.07) is 6.85. The largest absolute Gasteiger partial charge is 0.508 e. The average Bonchev–Trinajstić information content (AvgIpc) is 2.14.